The van der Waals surface area contributed by atoms with Crippen LogP contribution in [0, 0.1) is 5.92 Å². The third-order valence-corrected chi connectivity index (χ3v) is 3.15. The van der Waals surface area contributed by atoms with Crippen LogP contribution in [0.2, 0.25) is 0 Å². The molecule has 0 heterocycles. The molecule has 4 nitrogen and oxygen atoms in total. The lowest BCUT2D eigenvalue weighted by Crippen LogP contribution is -2.29. The van der Waals surface area contributed by atoms with Gasteiger partial charge >= 0.3 is 5.97 Å². The molecule has 1 rings (SSSR count). The van der Waals surface area contributed by atoms with Gasteiger partial charge < -0.3 is 10.4 Å². The molecule has 1 aromatic carbocycles. The molecule has 0 spiro atoms. The van der Waals surface area contributed by atoms with E-state index in [0.29, 0.717) is 12.1 Å². The second-order valence-corrected chi connectivity index (χ2v) is 6.24. The molecule has 0 saturated carbocycles. The lowest BCUT2D eigenvalue weighted by molar-refractivity contribution is -0.137. The maximum Gasteiger partial charge on any atom is 0.303 e. The first-order valence-electron chi connectivity index (χ1n) is 6.80. The molecule has 0 saturated heterocycles. The molecule has 1 aromatic rings. The van der Waals surface area contributed by atoms with Crippen LogP contribution in [0.15, 0.2) is 24.3 Å². The smallest absolute Gasteiger partial charge is 0.303 e. The molecule has 20 heavy (non-hydrogen) atoms. The van der Waals surface area contributed by atoms with E-state index in [2.05, 4.69) is 26.1 Å². The van der Waals surface area contributed by atoms with Crippen LogP contribution in [0.1, 0.15) is 50.0 Å². The van der Waals surface area contributed by atoms with Gasteiger partial charge in [-0.2, -0.15) is 0 Å². The average molecular weight is 277 g/mol. The van der Waals surface area contributed by atoms with Crippen molar-refractivity contribution in [1.29, 1.82) is 0 Å². The van der Waals surface area contributed by atoms with Crippen LogP contribution in [0.3, 0.4) is 0 Å². The molecule has 4 heteroatoms. The van der Waals surface area contributed by atoms with Gasteiger partial charge in [-0.25, -0.2) is 0 Å². The van der Waals surface area contributed by atoms with Gasteiger partial charge in [-0.1, -0.05) is 39.8 Å². The Morgan fingerprint density at radius 3 is 2.20 bits per heavy atom. The van der Waals surface area contributed by atoms with E-state index in [4.69, 9.17) is 5.11 Å². The van der Waals surface area contributed by atoms with Crippen LogP contribution in [0.4, 0.5) is 0 Å². The highest BCUT2D eigenvalue weighted by Gasteiger charge is 2.15. The fourth-order valence-corrected chi connectivity index (χ4v) is 1.86. The highest BCUT2D eigenvalue weighted by molar-refractivity contribution is 5.94. The molecular formula is C16H23NO3. The fraction of sp³-hybridized carbons (Fsp3) is 0.500. The number of carbonyl (C=O) groups is 2. The first-order valence-corrected chi connectivity index (χ1v) is 6.80. The van der Waals surface area contributed by atoms with Gasteiger partial charge in [0.15, 0.2) is 0 Å². The van der Waals surface area contributed by atoms with E-state index in [9.17, 15) is 9.59 Å². The highest BCUT2D eigenvalue weighted by atomic mass is 16.4. The maximum atomic E-state index is 11.9. The zero-order valence-electron chi connectivity index (χ0n) is 12.6. The summed E-state index contributed by atoms with van der Waals surface area (Å²) in [5.41, 5.74) is 1.83. The van der Waals surface area contributed by atoms with Crippen molar-refractivity contribution in [2.24, 2.45) is 5.92 Å². The SMILES string of the molecule is CC(CNC(=O)c1ccc(C(C)(C)C)cc1)CC(=O)O. The molecule has 0 aromatic heterocycles. The minimum atomic E-state index is -0.846. The quantitative estimate of drug-likeness (QED) is 0.869. The zero-order chi connectivity index (χ0) is 15.3. The van der Waals surface area contributed by atoms with Crippen molar-refractivity contribution < 1.29 is 14.7 Å². The summed E-state index contributed by atoms with van der Waals surface area (Å²) in [5.74, 6) is -1.09. The average Bonchev–Trinajstić information content (AvgIpc) is 2.34. The number of amides is 1. The molecule has 0 radical (unpaired) electrons. The predicted octanol–water partition coefficient (Wildman–Crippen LogP) is 2.82. The van der Waals surface area contributed by atoms with Gasteiger partial charge in [0.2, 0.25) is 0 Å². The molecule has 2 N–H and O–H groups in total. The van der Waals surface area contributed by atoms with E-state index in [1.165, 1.54) is 5.56 Å². The Kier molecular flexibility index (Phi) is 5.31. The van der Waals surface area contributed by atoms with Crippen molar-refractivity contribution in [2.45, 2.75) is 39.5 Å². The summed E-state index contributed by atoms with van der Waals surface area (Å²) >= 11 is 0. The van der Waals surface area contributed by atoms with Crippen LogP contribution in [-0.2, 0) is 10.2 Å². The number of carbonyl (C=O) groups excluding carboxylic acids is 1. The Hall–Kier alpha value is -1.84. The van der Waals surface area contributed by atoms with E-state index in [0.717, 1.165) is 0 Å². The Bertz CT molecular complexity index is 471. The van der Waals surface area contributed by atoms with E-state index in [1.54, 1.807) is 19.1 Å². The number of hydrogen-bond donors (Lipinski definition) is 2. The van der Waals surface area contributed by atoms with E-state index < -0.39 is 5.97 Å². The first-order chi connectivity index (χ1) is 9.20. The number of aliphatic carboxylic acids is 1. The number of hydrogen-bond acceptors (Lipinski definition) is 2. The van der Waals surface area contributed by atoms with Gasteiger partial charge in [0, 0.05) is 18.5 Å². The lowest BCUT2D eigenvalue weighted by Gasteiger charge is -2.19. The Morgan fingerprint density at radius 1 is 1.20 bits per heavy atom. The largest absolute Gasteiger partial charge is 0.481 e. The Morgan fingerprint density at radius 2 is 1.75 bits per heavy atom. The van der Waals surface area contributed by atoms with Crippen LogP contribution in [0.5, 0.6) is 0 Å². The third kappa shape index (κ3) is 5.03. The predicted molar refractivity (Wildman–Crippen MR) is 78.9 cm³/mol. The zero-order valence-corrected chi connectivity index (χ0v) is 12.6. The third-order valence-electron chi connectivity index (χ3n) is 3.15. The molecule has 0 aliphatic carbocycles. The van der Waals surface area contributed by atoms with Crippen molar-refractivity contribution in [3.63, 3.8) is 0 Å². The molecule has 1 atom stereocenters. The van der Waals surface area contributed by atoms with Gasteiger partial charge in [0.25, 0.3) is 5.91 Å². The van der Waals surface area contributed by atoms with Gasteiger partial charge in [-0.15, -0.1) is 0 Å². The Balaban J connectivity index is 2.58. The summed E-state index contributed by atoms with van der Waals surface area (Å²) in [6.07, 6.45) is 0.0588. The summed E-state index contributed by atoms with van der Waals surface area (Å²) in [6, 6.07) is 7.51. The number of benzene rings is 1. The van der Waals surface area contributed by atoms with Crippen LogP contribution >= 0.6 is 0 Å². The van der Waals surface area contributed by atoms with Crippen molar-refractivity contribution in [3.8, 4) is 0 Å². The van der Waals surface area contributed by atoms with Crippen LogP contribution < -0.4 is 5.32 Å². The minimum Gasteiger partial charge on any atom is -0.481 e. The van der Waals surface area contributed by atoms with E-state index in [1.807, 2.05) is 12.1 Å². The van der Waals surface area contributed by atoms with Crippen molar-refractivity contribution in [2.75, 3.05) is 6.54 Å². The molecule has 1 unspecified atom stereocenters. The lowest BCUT2D eigenvalue weighted by atomic mass is 9.87. The molecule has 0 bridgehead atoms. The monoisotopic (exact) mass is 277 g/mol. The van der Waals surface area contributed by atoms with Crippen molar-refractivity contribution >= 4 is 11.9 Å². The van der Waals surface area contributed by atoms with Crippen molar-refractivity contribution in [1.82, 2.24) is 5.32 Å². The maximum absolute atomic E-state index is 11.9. The molecule has 1 amide bonds. The summed E-state index contributed by atoms with van der Waals surface area (Å²) in [4.78, 5) is 22.5. The number of carboxylic acid groups (broad SMARTS) is 1. The summed E-state index contributed by atoms with van der Waals surface area (Å²) in [6.45, 7) is 8.53. The van der Waals surface area contributed by atoms with Gasteiger partial charge in [-0.05, 0) is 29.0 Å². The van der Waals surface area contributed by atoms with Gasteiger partial charge in [0.05, 0.1) is 0 Å². The summed E-state index contributed by atoms with van der Waals surface area (Å²) in [7, 11) is 0. The first kappa shape index (κ1) is 16.2. The molecule has 0 aliphatic heterocycles. The second-order valence-electron chi connectivity index (χ2n) is 6.24. The van der Waals surface area contributed by atoms with E-state index in [-0.39, 0.29) is 23.7 Å². The van der Waals surface area contributed by atoms with Crippen molar-refractivity contribution in [3.05, 3.63) is 35.4 Å². The van der Waals surface area contributed by atoms with Crippen LogP contribution in [-0.4, -0.2) is 23.5 Å². The fourth-order valence-electron chi connectivity index (χ4n) is 1.86. The van der Waals surface area contributed by atoms with E-state index >= 15 is 0 Å². The van der Waals surface area contributed by atoms with Gasteiger partial charge in [0.1, 0.15) is 0 Å². The molecule has 0 fully saturated rings. The standard InChI is InChI=1S/C16H23NO3/c1-11(9-14(18)19)10-17-15(20)12-5-7-13(8-6-12)16(2,3)4/h5-8,11H,9-10H2,1-4H3,(H,17,20)(H,18,19). The minimum absolute atomic E-state index is 0.0588. The molecular weight excluding hydrogens is 254 g/mol. The normalized spacial score (nSPS) is 12.8. The van der Waals surface area contributed by atoms with Gasteiger partial charge in [-0.3, -0.25) is 9.59 Å². The number of carboxylic acids is 1. The number of nitrogens with one attached hydrogen (secondary N) is 1. The highest BCUT2D eigenvalue weighted by Crippen LogP contribution is 2.22. The molecule has 0 aliphatic rings. The number of rotatable bonds is 5. The molecule has 110 valence electrons. The topological polar surface area (TPSA) is 66.4 Å². The second kappa shape index (κ2) is 6.55. The Labute approximate surface area is 120 Å². The van der Waals surface area contributed by atoms with Crippen LogP contribution in [0.25, 0.3) is 0 Å². The summed E-state index contributed by atoms with van der Waals surface area (Å²) in [5, 5.41) is 11.4. The summed E-state index contributed by atoms with van der Waals surface area (Å²) < 4.78 is 0.